The van der Waals surface area contributed by atoms with E-state index in [-0.39, 0.29) is 10.8 Å². The number of para-hydroxylation sites is 4. The van der Waals surface area contributed by atoms with Crippen molar-refractivity contribution in [1.82, 2.24) is 0 Å². The first kappa shape index (κ1) is 30.9. The summed E-state index contributed by atoms with van der Waals surface area (Å²) in [5.74, 6) is 0. The van der Waals surface area contributed by atoms with E-state index in [1.165, 1.54) is 22.3 Å². The van der Waals surface area contributed by atoms with Crippen molar-refractivity contribution in [3.8, 4) is 0 Å². The van der Waals surface area contributed by atoms with Crippen molar-refractivity contribution >= 4 is 44.0 Å². The van der Waals surface area contributed by atoms with Gasteiger partial charge in [-0.2, -0.15) is 0 Å². The molecule has 0 unspecified atom stereocenters. The molecule has 6 aromatic rings. The van der Waals surface area contributed by atoms with Gasteiger partial charge in [0.1, 0.15) is 0 Å². The summed E-state index contributed by atoms with van der Waals surface area (Å²) >= 11 is 0. The second-order valence-corrected chi connectivity index (χ2v) is 17.4. The molecule has 0 saturated carbocycles. The predicted molar refractivity (Wildman–Crippen MR) is 204 cm³/mol. The first-order valence-electron chi connectivity index (χ1n) is 17.4. The SMILES string of the molecule is CC1(C)c2ccccc2N(c2ccc3c(c2)C(C)(C)c2cc(N4c5ccccc5C(C)(C)c5ccccc54)ccc2S3(=O)=O)c2ccccc21. The first-order valence-corrected chi connectivity index (χ1v) is 18.9. The van der Waals surface area contributed by atoms with Gasteiger partial charge in [-0.15, -0.1) is 0 Å². The van der Waals surface area contributed by atoms with Crippen LogP contribution in [0, 0.1) is 0 Å². The number of nitrogens with zero attached hydrogens (tertiary/aromatic N) is 2. The van der Waals surface area contributed by atoms with Gasteiger partial charge in [0.15, 0.2) is 0 Å². The molecule has 0 atom stereocenters. The zero-order valence-electron chi connectivity index (χ0n) is 29.3. The van der Waals surface area contributed by atoms with Crippen LogP contribution in [0.5, 0.6) is 0 Å². The maximum atomic E-state index is 14.5. The third-order valence-corrected chi connectivity index (χ3v) is 13.5. The largest absolute Gasteiger partial charge is 0.310 e. The molecule has 0 fully saturated rings. The number of anilines is 6. The summed E-state index contributed by atoms with van der Waals surface area (Å²) in [7, 11) is -3.78. The van der Waals surface area contributed by atoms with E-state index in [0.717, 1.165) is 45.3 Å². The van der Waals surface area contributed by atoms with Gasteiger partial charge in [0.25, 0.3) is 0 Å². The Hall–Kier alpha value is -5.13. The highest BCUT2D eigenvalue weighted by Gasteiger charge is 2.44. The quantitative estimate of drug-likeness (QED) is 0.184. The lowest BCUT2D eigenvalue weighted by Crippen LogP contribution is -2.33. The Morgan fingerprint density at radius 3 is 0.980 bits per heavy atom. The third-order valence-electron chi connectivity index (χ3n) is 11.6. The second-order valence-electron chi connectivity index (χ2n) is 15.5. The lowest BCUT2D eigenvalue weighted by Gasteiger charge is -2.43. The van der Waals surface area contributed by atoms with Crippen LogP contribution in [0.1, 0.15) is 74.9 Å². The van der Waals surface area contributed by atoms with Crippen molar-refractivity contribution in [3.05, 3.63) is 167 Å². The van der Waals surface area contributed by atoms with Crippen LogP contribution in [0.2, 0.25) is 0 Å². The minimum atomic E-state index is -3.78. The fourth-order valence-corrected chi connectivity index (χ4v) is 10.9. The second kappa shape index (κ2) is 10.2. The van der Waals surface area contributed by atoms with Crippen LogP contribution in [-0.4, -0.2) is 8.42 Å². The number of hydrogen-bond acceptors (Lipinski definition) is 4. The molecule has 0 N–H and O–H groups in total. The minimum absolute atomic E-state index is 0.184. The van der Waals surface area contributed by atoms with E-state index >= 15 is 0 Å². The summed E-state index contributed by atoms with van der Waals surface area (Å²) in [6, 6.07) is 46.1. The molecule has 50 heavy (non-hydrogen) atoms. The molecule has 0 aliphatic carbocycles. The van der Waals surface area contributed by atoms with Gasteiger partial charge < -0.3 is 9.80 Å². The highest BCUT2D eigenvalue weighted by Crippen LogP contribution is 2.56. The van der Waals surface area contributed by atoms with Crippen molar-refractivity contribution in [2.45, 2.75) is 67.6 Å². The Labute approximate surface area is 295 Å². The summed E-state index contributed by atoms with van der Waals surface area (Å²) in [4.78, 5) is 5.35. The van der Waals surface area contributed by atoms with Crippen molar-refractivity contribution in [1.29, 1.82) is 0 Å². The molecule has 248 valence electrons. The van der Waals surface area contributed by atoms with E-state index in [1.807, 2.05) is 24.3 Å². The van der Waals surface area contributed by atoms with Crippen molar-refractivity contribution in [3.63, 3.8) is 0 Å². The maximum absolute atomic E-state index is 14.5. The van der Waals surface area contributed by atoms with Crippen LogP contribution in [-0.2, 0) is 26.1 Å². The molecule has 0 aromatic heterocycles. The number of rotatable bonds is 2. The summed E-state index contributed by atoms with van der Waals surface area (Å²) in [5, 5.41) is 0. The molecule has 3 heterocycles. The van der Waals surface area contributed by atoms with Gasteiger partial charge in [0.05, 0.1) is 32.5 Å². The number of hydrogen-bond donors (Lipinski definition) is 0. The van der Waals surface area contributed by atoms with Crippen LogP contribution in [0.3, 0.4) is 0 Å². The average Bonchev–Trinajstić information content (AvgIpc) is 3.11. The monoisotopic (exact) mass is 672 g/mol. The summed E-state index contributed by atoms with van der Waals surface area (Å²) in [5.41, 5.74) is 11.9. The zero-order valence-corrected chi connectivity index (χ0v) is 30.1. The van der Waals surface area contributed by atoms with Crippen LogP contribution in [0.15, 0.2) is 143 Å². The fraction of sp³-hybridized carbons (Fsp3) is 0.200. The molecule has 0 saturated heterocycles. The van der Waals surface area contributed by atoms with Gasteiger partial charge in [0, 0.05) is 27.6 Å². The summed E-state index contributed by atoms with van der Waals surface area (Å²) in [6.07, 6.45) is 0. The van der Waals surface area contributed by atoms with Crippen LogP contribution in [0.4, 0.5) is 34.1 Å². The lowest BCUT2D eigenvalue weighted by molar-refractivity contribution is 0.555. The molecular formula is C45H40N2O2S. The Bertz CT molecular complexity index is 2240. The molecule has 0 amide bonds. The van der Waals surface area contributed by atoms with Crippen molar-refractivity contribution in [2.24, 2.45) is 0 Å². The molecule has 3 aliphatic heterocycles. The van der Waals surface area contributed by atoms with Gasteiger partial charge in [-0.1, -0.05) is 114 Å². The van der Waals surface area contributed by atoms with Gasteiger partial charge in [0.2, 0.25) is 9.84 Å². The number of sulfone groups is 1. The lowest BCUT2D eigenvalue weighted by atomic mass is 9.73. The Kier molecular flexibility index (Phi) is 6.31. The normalized spacial score (nSPS) is 18.1. The fourth-order valence-electron chi connectivity index (χ4n) is 8.92. The first-order chi connectivity index (χ1) is 23.8. The minimum Gasteiger partial charge on any atom is -0.310 e. The van der Waals surface area contributed by atoms with E-state index in [4.69, 9.17) is 0 Å². The molecule has 0 bridgehead atoms. The standard InChI is InChI=1S/C45H40N2O2S/c1-43(2)31-15-7-11-19-37(31)46(38-20-12-8-16-32(38)43)29-23-25-41-35(27-29)45(5,6)36-28-30(24-26-42(36)50(41,48)49)47-39-21-13-9-17-33(39)44(3,4)34-18-10-14-22-40(34)47/h7-28H,1-6H3. The van der Waals surface area contributed by atoms with E-state index < -0.39 is 15.3 Å². The smallest absolute Gasteiger partial charge is 0.207 e. The predicted octanol–water partition coefficient (Wildman–Crippen LogP) is 11.4. The molecule has 0 spiro atoms. The molecule has 4 nitrogen and oxygen atoms in total. The van der Waals surface area contributed by atoms with Crippen LogP contribution in [0.25, 0.3) is 0 Å². The molecule has 6 aromatic carbocycles. The number of benzene rings is 6. The summed E-state index contributed by atoms with van der Waals surface area (Å²) < 4.78 is 29.0. The van der Waals surface area contributed by atoms with E-state index in [9.17, 15) is 8.42 Å². The number of fused-ring (bicyclic) bond motifs is 6. The Morgan fingerprint density at radius 2 is 0.660 bits per heavy atom. The van der Waals surface area contributed by atoms with Crippen molar-refractivity contribution < 1.29 is 8.42 Å². The van der Waals surface area contributed by atoms with Gasteiger partial charge in [-0.25, -0.2) is 8.42 Å². The molecule has 9 rings (SSSR count). The summed E-state index contributed by atoms with van der Waals surface area (Å²) in [6.45, 7) is 13.4. The van der Waals surface area contributed by atoms with Crippen molar-refractivity contribution in [2.75, 3.05) is 9.80 Å². The highest BCUT2D eigenvalue weighted by atomic mass is 32.2. The van der Waals surface area contributed by atoms with E-state index in [0.29, 0.717) is 9.79 Å². The van der Waals surface area contributed by atoms with E-state index in [1.54, 1.807) is 0 Å². The molecule has 0 radical (unpaired) electrons. The molecule has 5 heteroatoms. The molecule has 3 aliphatic rings. The van der Waals surface area contributed by atoms with Gasteiger partial charge >= 0.3 is 0 Å². The third kappa shape index (κ3) is 4.01. The topological polar surface area (TPSA) is 40.6 Å². The average molecular weight is 673 g/mol. The van der Waals surface area contributed by atoms with Gasteiger partial charge in [-0.05, 0) is 94.0 Å². The maximum Gasteiger partial charge on any atom is 0.207 e. The van der Waals surface area contributed by atoms with E-state index in [2.05, 4.69) is 161 Å². The van der Waals surface area contributed by atoms with Crippen LogP contribution >= 0.6 is 0 Å². The van der Waals surface area contributed by atoms with Gasteiger partial charge in [-0.3, -0.25) is 0 Å². The Morgan fingerprint density at radius 1 is 0.380 bits per heavy atom. The highest BCUT2D eigenvalue weighted by molar-refractivity contribution is 7.91. The molecular weight excluding hydrogens is 633 g/mol. The van der Waals surface area contributed by atoms with Crippen LogP contribution < -0.4 is 9.80 Å². The zero-order chi connectivity index (χ0) is 34.8. The Balaban J connectivity index is 1.23.